The second-order valence-electron chi connectivity index (χ2n) is 5.50. The molecule has 20 heavy (non-hydrogen) atoms. The molecule has 1 unspecified atom stereocenters. The van der Waals surface area contributed by atoms with Crippen LogP contribution in [0.5, 0.6) is 0 Å². The molecule has 2 aliphatic rings. The zero-order valence-corrected chi connectivity index (χ0v) is 11.9. The quantitative estimate of drug-likeness (QED) is 0.734. The zero-order chi connectivity index (χ0) is 14.8. The zero-order valence-electron chi connectivity index (χ0n) is 11.2. The third-order valence-corrected chi connectivity index (χ3v) is 4.58. The van der Waals surface area contributed by atoms with E-state index in [0.29, 0.717) is 38.5 Å². The molecular weight excluding hydrogens is 295 g/mol. The van der Waals surface area contributed by atoms with Gasteiger partial charge in [-0.3, -0.25) is 4.79 Å². The van der Waals surface area contributed by atoms with Crippen LogP contribution in [0, 0.1) is 11.8 Å². The summed E-state index contributed by atoms with van der Waals surface area (Å²) in [4.78, 5) is 14.1. The smallest absolute Gasteiger partial charge is 0.377 e. The Morgan fingerprint density at radius 1 is 1.25 bits per heavy atom. The fourth-order valence-electron chi connectivity index (χ4n) is 2.97. The summed E-state index contributed by atoms with van der Waals surface area (Å²) in [6, 6.07) is -0.154. The Labute approximate surface area is 121 Å². The van der Waals surface area contributed by atoms with Crippen molar-refractivity contribution in [3.05, 3.63) is 0 Å². The van der Waals surface area contributed by atoms with Gasteiger partial charge in [0.15, 0.2) is 0 Å². The first-order valence-corrected chi connectivity index (χ1v) is 7.48. The summed E-state index contributed by atoms with van der Waals surface area (Å²) in [5.74, 6) is -1.30. The lowest BCUT2D eigenvalue weighted by atomic mass is 9.81. The normalized spacial score (nSPS) is 32.2. The highest BCUT2D eigenvalue weighted by Crippen LogP contribution is 2.40. The molecule has 1 heterocycles. The van der Waals surface area contributed by atoms with E-state index in [9.17, 15) is 18.0 Å². The van der Waals surface area contributed by atoms with E-state index in [2.05, 4.69) is 0 Å². The standard InChI is InChI=1S/C13H19ClF3NO2/c14-7-11-8-20-6-5-18(11)12(19)9-1-3-10(4-2-9)13(15,16)17/h9-11H,1-8H2. The maximum atomic E-state index is 12.6. The van der Waals surface area contributed by atoms with Gasteiger partial charge in [0.1, 0.15) is 0 Å². The molecule has 2 fully saturated rings. The molecule has 1 saturated carbocycles. The average Bonchev–Trinajstić information content (AvgIpc) is 2.45. The lowest BCUT2D eigenvalue weighted by Crippen LogP contribution is -2.52. The fourth-order valence-corrected chi connectivity index (χ4v) is 3.23. The van der Waals surface area contributed by atoms with Gasteiger partial charge in [-0.1, -0.05) is 0 Å². The van der Waals surface area contributed by atoms with Crippen LogP contribution in [0.25, 0.3) is 0 Å². The Hall–Kier alpha value is -0.490. The highest BCUT2D eigenvalue weighted by Gasteiger charge is 2.43. The Bertz CT molecular complexity index is 343. The van der Waals surface area contributed by atoms with Crippen molar-refractivity contribution >= 4 is 17.5 Å². The lowest BCUT2D eigenvalue weighted by molar-refractivity contribution is -0.186. The molecule has 1 aliphatic heterocycles. The van der Waals surface area contributed by atoms with Crippen molar-refractivity contribution in [3.63, 3.8) is 0 Å². The number of ether oxygens (including phenoxy) is 1. The van der Waals surface area contributed by atoms with Crippen LogP contribution in [-0.2, 0) is 9.53 Å². The molecule has 0 aromatic heterocycles. The molecule has 116 valence electrons. The molecular formula is C13H19ClF3NO2. The van der Waals surface area contributed by atoms with E-state index >= 15 is 0 Å². The van der Waals surface area contributed by atoms with Crippen LogP contribution >= 0.6 is 11.6 Å². The minimum Gasteiger partial charge on any atom is -0.377 e. The van der Waals surface area contributed by atoms with Crippen molar-refractivity contribution < 1.29 is 22.7 Å². The van der Waals surface area contributed by atoms with Gasteiger partial charge in [0.05, 0.1) is 25.2 Å². The second-order valence-corrected chi connectivity index (χ2v) is 5.81. The van der Waals surface area contributed by atoms with Crippen LogP contribution in [0.2, 0.25) is 0 Å². The highest BCUT2D eigenvalue weighted by molar-refractivity contribution is 6.18. The average molecular weight is 314 g/mol. The van der Waals surface area contributed by atoms with E-state index in [4.69, 9.17) is 16.3 Å². The number of hydrogen-bond donors (Lipinski definition) is 0. The van der Waals surface area contributed by atoms with Gasteiger partial charge in [0.2, 0.25) is 5.91 Å². The Morgan fingerprint density at radius 2 is 1.90 bits per heavy atom. The van der Waals surface area contributed by atoms with Crippen molar-refractivity contribution in [1.29, 1.82) is 0 Å². The van der Waals surface area contributed by atoms with E-state index in [-0.39, 0.29) is 30.7 Å². The van der Waals surface area contributed by atoms with Crippen molar-refractivity contribution in [2.75, 3.05) is 25.6 Å². The predicted molar refractivity (Wildman–Crippen MR) is 68.5 cm³/mol. The molecule has 7 heteroatoms. The Balaban J connectivity index is 1.91. The predicted octanol–water partition coefficient (Wildman–Crippen LogP) is 2.82. The van der Waals surface area contributed by atoms with Crippen LogP contribution < -0.4 is 0 Å². The van der Waals surface area contributed by atoms with E-state index in [1.54, 1.807) is 4.90 Å². The number of carbonyl (C=O) groups is 1. The molecule has 1 saturated heterocycles. The van der Waals surface area contributed by atoms with Crippen LogP contribution in [0.15, 0.2) is 0 Å². The van der Waals surface area contributed by atoms with Crippen LogP contribution in [0.1, 0.15) is 25.7 Å². The van der Waals surface area contributed by atoms with Crippen LogP contribution in [0.3, 0.4) is 0 Å². The van der Waals surface area contributed by atoms with E-state index in [0.717, 1.165) is 0 Å². The number of halogens is 4. The van der Waals surface area contributed by atoms with Crippen molar-refractivity contribution in [2.24, 2.45) is 11.8 Å². The summed E-state index contributed by atoms with van der Waals surface area (Å²) in [7, 11) is 0. The summed E-state index contributed by atoms with van der Waals surface area (Å²) in [6.07, 6.45) is -3.40. The third kappa shape index (κ3) is 3.58. The second kappa shape index (κ2) is 6.52. The number of morpholine rings is 1. The Morgan fingerprint density at radius 3 is 2.45 bits per heavy atom. The molecule has 0 aromatic carbocycles. The first-order valence-electron chi connectivity index (χ1n) is 6.94. The number of alkyl halides is 4. The van der Waals surface area contributed by atoms with E-state index in [1.165, 1.54) is 0 Å². The van der Waals surface area contributed by atoms with Crippen molar-refractivity contribution in [2.45, 2.75) is 37.9 Å². The summed E-state index contributed by atoms with van der Waals surface area (Å²) < 4.78 is 43.1. The molecule has 1 atom stereocenters. The molecule has 0 aromatic rings. The molecule has 1 aliphatic carbocycles. The number of nitrogens with zero attached hydrogens (tertiary/aromatic N) is 1. The van der Waals surface area contributed by atoms with Gasteiger partial charge in [0, 0.05) is 18.3 Å². The molecule has 0 spiro atoms. The van der Waals surface area contributed by atoms with Crippen LogP contribution in [0.4, 0.5) is 13.2 Å². The third-order valence-electron chi connectivity index (χ3n) is 4.23. The van der Waals surface area contributed by atoms with Gasteiger partial charge in [-0.15, -0.1) is 11.6 Å². The van der Waals surface area contributed by atoms with Gasteiger partial charge in [-0.05, 0) is 25.7 Å². The first-order chi connectivity index (χ1) is 9.43. The molecule has 2 rings (SSSR count). The summed E-state index contributed by atoms with van der Waals surface area (Å²) in [5, 5.41) is 0. The van der Waals surface area contributed by atoms with Gasteiger partial charge in [-0.2, -0.15) is 13.2 Å². The maximum absolute atomic E-state index is 12.6. The van der Waals surface area contributed by atoms with Crippen molar-refractivity contribution in [3.8, 4) is 0 Å². The van der Waals surface area contributed by atoms with Gasteiger partial charge < -0.3 is 9.64 Å². The van der Waals surface area contributed by atoms with E-state index in [1.807, 2.05) is 0 Å². The van der Waals surface area contributed by atoms with Crippen LogP contribution in [-0.4, -0.2) is 48.7 Å². The number of rotatable bonds is 2. The largest absolute Gasteiger partial charge is 0.391 e. The van der Waals surface area contributed by atoms with Gasteiger partial charge in [0.25, 0.3) is 0 Å². The molecule has 0 radical (unpaired) electrons. The molecule has 3 nitrogen and oxygen atoms in total. The van der Waals surface area contributed by atoms with Crippen molar-refractivity contribution in [1.82, 2.24) is 4.90 Å². The monoisotopic (exact) mass is 313 g/mol. The first kappa shape index (κ1) is 15.9. The van der Waals surface area contributed by atoms with Gasteiger partial charge >= 0.3 is 6.18 Å². The SMILES string of the molecule is O=C(C1CCC(C(F)(F)F)CC1)N1CCOCC1CCl. The Kier molecular flexibility index (Phi) is 5.18. The molecule has 1 amide bonds. The summed E-state index contributed by atoms with van der Waals surface area (Å²) >= 11 is 5.82. The minimum absolute atomic E-state index is 0.0514. The molecule has 0 N–H and O–H groups in total. The number of amides is 1. The van der Waals surface area contributed by atoms with Gasteiger partial charge in [-0.25, -0.2) is 0 Å². The number of hydrogen-bond acceptors (Lipinski definition) is 2. The fraction of sp³-hybridized carbons (Fsp3) is 0.923. The topological polar surface area (TPSA) is 29.5 Å². The lowest BCUT2D eigenvalue weighted by Gasteiger charge is -2.38. The summed E-state index contributed by atoms with van der Waals surface area (Å²) in [6.45, 7) is 1.36. The summed E-state index contributed by atoms with van der Waals surface area (Å²) in [5.41, 5.74) is 0. The minimum atomic E-state index is -4.13. The highest BCUT2D eigenvalue weighted by atomic mass is 35.5. The van der Waals surface area contributed by atoms with E-state index < -0.39 is 12.1 Å². The number of carbonyl (C=O) groups excluding carboxylic acids is 1. The maximum Gasteiger partial charge on any atom is 0.391 e. The molecule has 0 bridgehead atoms.